The third kappa shape index (κ3) is 5.57. The minimum atomic E-state index is -0.405. The van der Waals surface area contributed by atoms with Gasteiger partial charge in [-0.3, -0.25) is 0 Å². The fraction of sp³-hybridized carbons (Fsp3) is 0.321. The van der Waals surface area contributed by atoms with E-state index in [-0.39, 0.29) is 11.9 Å². The second kappa shape index (κ2) is 11.0. The quantitative estimate of drug-likeness (QED) is 0.420. The Kier molecular flexibility index (Phi) is 7.57. The van der Waals surface area contributed by atoms with Crippen molar-refractivity contribution < 1.29 is 14.3 Å². The highest BCUT2D eigenvalue weighted by molar-refractivity contribution is 5.89. The molecule has 3 aromatic carbocycles. The van der Waals surface area contributed by atoms with Crippen molar-refractivity contribution in [3.63, 3.8) is 0 Å². The molecule has 0 amide bonds. The third-order valence-electron chi connectivity index (χ3n) is 6.18. The van der Waals surface area contributed by atoms with Crippen LogP contribution in [0.4, 0.5) is 0 Å². The van der Waals surface area contributed by atoms with Crippen LogP contribution in [0.1, 0.15) is 52.8 Å². The number of nitrogens with zero attached hydrogens (tertiary/aromatic N) is 1. The van der Waals surface area contributed by atoms with E-state index in [0.29, 0.717) is 5.56 Å². The maximum absolute atomic E-state index is 13.1. The lowest BCUT2D eigenvalue weighted by atomic mass is 9.87. The van der Waals surface area contributed by atoms with Crippen molar-refractivity contribution in [2.24, 2.45) is 0 Å². The summed E-state index contributed by atoms with van der Waals surface area (Å²) in [5.74, 6) is 0.510. The number of hydrogen-bond donors (Lipinski definition) is 0. The molecule has 1 aliphatic rings. The van der Waals surface area contributed by atoms with E-state index in [0.717, 1.165) is 30.9 Å². The number of rotatable bonds is 8. The molecule has 3 aromatic rings. The largest absolute Gasteiger partial charge is 0.497 e. The summed E-state index contributed by atoms with van der Waals surface area (Å²) in [6.07, 6.45) is 3.33. The van der Waals surface area contributed by atoms with Crippen LogP contribution in [-0.4, -0.2) is 37.6 Å². The molecule has 4 heteroatoms. The lowest BCUT2D eigenvalue weighted by Gasteiger charge is -2.34. The van der Waals surface area contributed by atoms with Crippen molar-refractivity contribution in [3.8, 4) is 5.75 Å². The molecule has 4 nitrogen and oxygen atoms in total. The minimum absolute atomic E-state index is 0.0235. The Morgan fingerprint density at radius 2 is 1.44 bits per heavy atom. The molecule has 0 spiro atoms. The van der Waals surface area contributed by atoms with Crippen molar-refractivity contribution in [3.05, 3.63) is 102 Å². The first-order chi connectivity index (χ1) is 15.7. The number of benzene rings is 3. The molecule has 1 aliphatic heterocycles. The van der Waals surface area contributed by atoms with Gasteiger partial charge in [0.05, 0.1) is 12.7 Å². The maximum Gasteiger partial charge on any atom is 0.338 e. The van der Waals surface area contributed by atoms with Gasteiger partial charge in [0.25, 0.3) is 0 Å². The second-order valence-electron chi connectivity index (χ2n) is 8.34. The van der Waals surface area contributed by atoms with Gasteiger partial charge in [-0.25, -0.2) is 4.79 Å². The van der Waals surface area contributed by atoms with Crippen molar-refractivity contribution in [1.29, 1.82) is 0 Å². The summed E-state index contributed by atoms with van der Waals surface area (Å²) < 4.78 is 11.6. The summed E-state index contributed by atoms with van der Waals surface area (Å²) in [5.41, 5.74) is 2.72. The monoisotopic (exact) mass is 429 g/mol. The fourth-order valence-electron chi connectivity index (χ4n) is 4.43. The van der Waals surface area contributed by atoms with Crippen molar-refractivity contribution in [1.82, 2.24) is 4.90 Å². The number of piperidine rings is 1. The van der Waals surface area contributed by atoms with Crippen molar-refractivity contribution in [2.45, 2.75) is 31.3 Å². The SMILES string of the molecule is COc1ccc([C@H](OC(=O)c2ccccc2)[C@H](CN2CCCCC2)c2ccccc2)cc1. The number of likely N-dealkylation sites (tertiary alicyclic amines) is 1. The molecule has 0 N–H and O–H groups in total. The van der Waals surface area contributed by atoms with Crippen LogP contribution in [0.25, 0.3) is 0 Å². The van der Waals surface area contributed by atoms with Gasteiger partial charge in [-0.05, 0) is 61.3 Å². The summed E-state index contributed by atoms with van der Waals surface area (Å²) in [6, 6.07) is 27.5. The lowest BCUT2D eigenvalue weighted by Crippen LogP contribution is -2.36. The Balaban J connectivity index is 1.69. The molecular weight excluding hydrogens is 398 g/mol. The average Bonchev–Trinajstić information content (AvgIpc) is 2.88. The molecule has 0 aromatic heterocycles. The van der Waals surface area contributed by atoms with Crippen LogP contribution in [-0.2, 0) is 4.74 Å². The molecule has 1 fully saturated rings. The molecule has 1 heterocycles. The number of esters is 1. The Bertz CT molecular complexity index is 967. The predicted molar refractivity (Wildman–Crippen MR) is 127 cm³/mol. The standard InChI is InChI=1S/C28H31NO3/c1-31-25-17-15-23(16-18-25)27(32-28(30)24-13-7-3-8-14-24)26(22-11-5-2-6-12-22)21-29-19-9-4-10-20-29/h2-3,5-8,11-18,26-27H,4,9-10,19-21H2,1H3/t26-,27+/m1/s1. The first kappa shape index (κ1) is 22.1. The Labute approximate surface area is 190 Å². The van der Waals surface area contributed by atoms with Crippen LogP contribution in [0.2, 0.25) is 0 Å². The highest BCUT2D eigenvalue weighted by atomic mass is 16.5. The zero-order chi connectivity index (χ0) is 22.2. The van der Waals surface area contributed by atoms with Crippen LogP contribution in [0.3, 0.4) is 0 Å². The molecular formula is C28H31NO3. The zero-order valence-corrected chi connectivity index (χ0v) is 18.7. The number of methoxy groups -OCH3 is 1. The van der Waals surface area contributed by atoms with E-state index in [1.165, 1.54) is 24.8 Å². The zero-order valence-electron chi connectivity index (χ0n) is 18.7. The first-order valence-electron chi connectivity index (χ1n) is 11.4. The summed E-state index contributed by atoms with van der Waals surface area (Å²) >= 11 is 0. The first-order valence-corrected chi connectivity index (χ1v) is 11.4. The van der Waals surface area contributed by atoms with Crippen molar-refractivity contribution in [2.75, 3.05) is 26.7 Å². The van der Waals surface area contributed by atoms with E-state index < -0.39 is 6.10 Å². The van der Waals surface area contributed by atoms with E-state index in [1.54, 1.807) is 19.2 Å². The maximum atomic E-state index is 13.1. The highest BCUT2D eigenvalue weighted by Gasteiger charge is 2.31. The predicted octanol–water partition coefficient (Wildman–Crippen LogP) is 5.86. The minimum Gasteiger partial charge on any atom is -0.497 e. The van der Waals surface area contributed by atoms with E-state index in [4.69, 9.17) is 9.47 Å². The molecule has 0 saturated carbocycles. The van der Waals surface area contributed by atoms with Gasteiger partial charge < -0.3 is 14.4 Å². The van der Waals surface area contributed by atoms with Crippen LogP contribution >= 0.6 is 0 Å². The van der Waals surface area contributed by atoms with E-state index >= 15 is 0 Å². The fourth-order valence-corrected chi connectivity index (χ4v) is 4.43. The molecule has 0 aliphatic carbocycles. The van der Waals surface area contributed by atoms with Gasteiger partial charge in [-0.2, -0.15) is 0 Å². The van der Waals surface area contributed by atoms with Gasteiger partial charge in [0, 0.05) is 12.5 Å². The normalized spacial score (nSPS) is 16.2. The van der Waals surface area contributed by atoms with Gasteiger partial charge in [0.2, 0.25) is 0 Å². The van der Waals surface area contributed by atoms with Gasteiger partial charge in [-0.1, -0.05) is 67.1 Å². The van der Waals surface area contributed by atoms with Gasteiger partial charge >= 0.3 is 5.97 Å². The molecule has 0 bridgehead atoms. The summed E-state index contributed by atoms with van der Waals surface area (Å²) in [7, 11) is 1.66. The molecule has 32 heavy (non-hydrogen) atoms. The molecule has 4 rings (SSSR count). The van der Waals surface area contributed by atoms with Crippen LogP contribution < -0.4 is 4.74 Å². The Hall–Kier alpha value is -3.11. The Morgan fingerprint density at radius 1 is 0.812 bits per heavy atom. The van der Waals surface area contributed by atoms with Crippen LogP contribution in [0.5, 0.6) is 5.75 Å². The van der Waals surface area contributed by atoms with Crippen LogP contribution in [0, 0.1) is 0 Å². The number of carbonyl (C=O) groups is 1. The summed E-state index contributed by atoms with van der Waals surface area (Å²) in [5, 5.41) is 0. The second-order valence-corrected chi connectivity index (χ2v) is 8.34. The molecule has 2 atom stereocenters. The topological polar surface area (TPSA) is 38.8 Å². The number of carbonyl (C=O) groups excluding carboxylic acids is 1. The molecule has 166 valence electrons. The van der Waals surface area contributed by atoms with Crippen molar-refractivity contribution >= 4 is 5.97 Å². The highest BCUT2D eigenvalue weighted by Crippen LogP contribution is 2.37. The molecule has 1 saturated heterocycles. The smallest absolute Gasteiger partial charge is 0.338 e. The van der Waals surface area contributed by atoms with Gasteiger partial charge in [0.1, 0.15) is 11.9 Å². The lowest BCUT2D eigenvalue weighted by molar-refractivity contribution is 0.0179. The molecule has 0 radical (unpaired) electrons. The summed E-state index contributed by atoms with van der Waals surface area (Å²) in [4.78, 5) is 15.6. The van der Waals surface area contributed by atoms with Gasteiger partial charge in [-0.15, -0.1) is 0 Å². The molecule has 0 unspecified atom stereocenters. The number of hydrogen-bond acceptors (Lipinski definition) is 4. The van der Waals surface area contributed by atoms with E-state index in [2.05, 4.69) is 29.2 Å². The number of ether oxygens (including phenoxy) is 2. The summed E-state index contributed by atoms with van der Waals surface area (Å²) in [6.45, 7) is 3.03. The average molecular weight is 430 g/mol. The third-order valence-corrected chi connectivity index (χ3v) is 6.18. The van der Waals surface area contributed by atoms with Gasteiger partial charge in [0.15, 0.2) is 0 Å². The Morgan fingerprint density at radius 3 is 2.06 bits per heavy atom. The van der Waals surface area contributed by atoms with Crippen LogP contribution in [0.15, 0.2) is 84.9 Å². The van der Waals surface area contributed by atoms with E-state index in [9.17, 15) is 4.79 Å². The van der Waals surface area contributed by atoms with E-state index in [1.807, 2.05) is 48.5 Å².